The maximum atomic E-state index is 13.0. The minimum atomic E-state index is -0.323. The van der Waals surface area contributed by atoms with Crippen LogP contribution in [0.25, 0.3) is 5.69 Å². The van der Waals surface area contributed by atoms with Crippen LogP contribution in [0.15, 0.2) is 83.5 Å². The Morgan fingerprint density at radius 3 is 2.50 bits per heavy atom. The van der Waals surface area contributed by atoms with E-state index < -0.39 is 0 Å². The number of para-hydroxylation sites is 1. The number of halogens is 1. The van der Waals surface area contributed by atoms with Gasteiger partial charge < -0.3 is 4.74 Å². The van der Waals surface area contributed by atoms with Gasteiger partial charge in [0.25, 0.3) is 0 Å². The van der Waals surface area contributed by atoms with Crippen LogP contribution in [0, 0.1) is 5.82 Å². The van der Waals surface area contributed by atoms with Gasteiger partial charge in [-0.15, -0.1) is 5.10 Å². The molecule has 26 heavy (non-hydrogen) atoms. The summed E-state index contributed by atoms with van der Waals surface area (Å²) in [5.41, 5.74) is 0.918. The zero-order valence-corrected chi connectivity index (χ0v) is 14.2. The molecule has 0 spiro atoms. The van der Waals surface area contributed by atoms with Crippen molar-refractivity contribution in [3.8, 4) is 17.3 Å². The third-order valence-electron chi connectivity index (χ3n) is 3.32. The lowest BCUT2D eigenvalue weighted by Gasteiger charge is -2.05. The van der Waals surface area contributed by atoms with E-state index in [2.05, 4.69) is 20.1 Å². The lowest BCUT2D eigenvalue weighted by Crippen LogP contribution is -1.94. The second kappa shape index (κ2) is 7.32. The molecule has 4 rings (SSSR count). The van der Waals surface area contributed by atoms with Gasteiger partial charge in [0.15, 0.2) is 5.16 Å². The highest BCUT2D eigenvalue weighted by molar-refractivity contribution is 7.99. The van der Waals surface area contributed by atoms with Crippen LogP contribution in [-0.4, -0.2) is 24.7 Å². The highest BCUT2D eigenvalue weighted by Gasteiger charge is 2.09. The molecule has 0 aliphatic heterocycles. The molecule has 0 unspecified atom stereocenters. The molecule has 0 fully saturated rings. The molecule has 6 nitrogen and oxygen atoms in total. The molecule has 128 valence electrons. The fraction of sp³-hybridized carbons (Fsp3) is 0. The van der Waals surface area contributed by atoms with Crippen LogP contribution in [0.3, 0.4) is 0 Å². The monoisotopic (exact) mass is 365 g/mol. The first-order valence-corrected chi connectivity index (χ1v) is 8.49. The molecule has 2 aromatic carbocycles. The number of hydrogen-bond donors (Lipinski definition) is 0. The Labute approximate surface area is 152 Å². The van der Waals surface area contributed by atoms with E-state index in [4.69, 9.17) is 4.74 Å². The smallest absolute Gasteiger partial charge is 0.223 e. The summed E-state index contributed by atoms with van der Waals surface area (Å²) in [6, 6.07) is 17.0. The summed E-state index contributed by atoms with van der Waals surface area (Å²) >= 11 is 1.22. The first-order valence-electron chi connectivity index (χ1n) is 7.68. The quantitative estimate of drug-likeness (QED) is 0.495. The van der Waals surface area contributed by atoms with Crippen molar-refractivity contribution < 1.29 is 9.13 Å². The highest BCUT2D eigenvalue weighted by atomic mass is 32.2. The molecule has 8 heteroatoms. The number of aromatic nitrogens is 5. The summed E-state index contributed by atoms with van der Waals surface area (Å²) in [6.45, 7) is 0. The molecule has 0 N–H and O–H groups in total. The van der Waals surface area contributed by atoms with Gasteiger partial charge in [0.05, 0.1) is 5.69 Å². The number of benzene rings is 2. The zero-order chi connectivity index (χ0) is 17.8. The second-order valence-electron chi connectivity index (χ2n) is 5.14. The minimum absolute atomic E-state index is 0.323. The summed E-state index contributed by atoms with van der Waals surface area (Å²) < 4.78 is 20.2. The van der Waals surface area contributed by atoms with Crippen LogP contribution in [0.1, 0.15) is 0 Å². The fourth-order valence-corrected chi connectivity index (χ4v) is 2.78. The summed E-state index contributed by atoms with van der Waals surface area (Å²) in [6.07, 6.45) is 3.22. The molecule has 0 aliphatic rings. The Kier molecular flexibility index (Phi) is 4.57. The van der Waals surface area contributed by atoms with Gasteiger partial charge in [-0.05, 0) is 48.2 Å². The van der Waals surface area contributed by atoms with Gasteiger partial charge in [-0.1, -0.05) is 18.2 Å². The maximum absolute atomic E-state index is 13.0. The number of nitrogens with zero attached hydrogens (tertiary/aromatic N) is 5. The van der Waals surface area contributed by atoms with Crippen LogP contribution in [-0.2, 0) is 0 Å². The van der Waals surface area contributed by atoms with E-state index in [1.807, 2.05) is 30.3 Å². The molecular weight excluding hydrogens is 353 g/mol. The van der Waals surface area contributed by atoms with Gasteiger partial charge in [0.2, 0.25) is 11.0 Å². The third-order valence-corrected chi connectivity index (χ3v) is 4.07. The highest BCUT2D eigenvalue weighted by Crippen LogP contribution is 2.25. The Morgan fingerprint density at radius 2 is 1.69 bits per heavy atom. The Bertz CT molecular complexity index is 1010. The summed E-state index contributed by atoms with van der Waals surface area (Å²) in [5, 5.41) is 5.38. The van der Waals surface area contributed by atoms with E-state index in [9.17, 15) is 4.39 Å². The molecular formula is C18H12FN5OS. The number of hydrogen-bond acceptors (Lipinski definition) is 6. The lowest BCUT2D eigenvalue weighted by molar-refractivity contribution is 0.454. The van der Waals surface area contributed by atoms with Crippen LogP contribution in [0.5, 0.6) is 11.6 Å². The predicted molar refractivity (Wildman–Crippen MR) is 94.0 cm³/mol. The summed E-state index contributed by atoms with van der Waals surface area (Å²) in [5.74, 6) is 0.528. The van der Waals surface area contributed by atoms with Crippen LogP contribution < -0.4 is 4.74 Å². The summed E-state index contributed by atoms with van der Waals surface area (Å²) in [4.78, 5) is 12.8. The first kappa shape index (κ1) is 16.2. The molecule has 4 aromatic rings. The topological polar surface area (TPSA) is 65.7 Å². The summed E-state index contributed by atoms with van der Waals surface area (Å²) in [7, 11) is 0. The van der Waals surface area contributed by atoms with Crippen molar-refractivity contribution in [2.45, 2.75) is 10.3 Å². The van der Waals surface area contributed by atoms with E-state index in [0.717, 1.165) is 5.69 Å². The van der Waals surface area contributed by atoms with Crippen LogP contribution in [0.2, 0.25) is 0 Å². The molecule has 2 aromatic heterocycles. The molecule has 0 saturated carbocycles. The molecule has 0 saturated heterocycles. The predicted octanol–water partition coefficient (Wildman–Crippen LogP) is 4.14. The van der Waals surface area contributed by atoms with E-state index in [1.165, 1.54) is 36.0 Å². The Morgan fingerprint density at radius 1 is 0.885 bits per heavy atom. The van der Waals surface area contributed by atoms with Crippen molar-refractivity contribution in [2.24, 2.45) is 0 Å². The van der Waals surface area contributed by atoms with Gasteiger partial charge in [0.1, 0.15) is 17.9 Å². The molecule has 0 aliphatic carbocycles. The van der Waals surface area contributed by atoms with Crippen molar-refractivity contribution in [3.05, 3.63) is 79.0 Å². The van der Waals surface area contributed by atoms with E-state index in [1.54, 1.807) is 23.3 Å². The van der Waals surface area contributed by atoms with Crippen molar-refractivity contribution in [1.29, 1.82) is 0 Å². The van der Waals surface area contributed by atoms with Crippen molar-refractivity contribution in [2.75, 3.05) is 0 Å². The average Bonchev–Trinajstić information content (AvgIpc) is 3.13. The molecule has 2 heterocycles. The standard InChI is InChI=1S/C18H12FN5OS/c19-13-6-8-15(9-7-13)25-16-10-11-20-17(22-16)26-18-21-12-24(23-18)14-4-2-1-3-5-14/h1-12H. The minimum Gasteiger partial charge on any atom is -0.439 e. The molecule has 0 atom stereocenters. The SMILES string of the molecule is Fc1ccc(Oc2ccnc(Sc3ncn(-c4ccccc4)n3)n2)cc1. The Balaban J connectivity index is 1.49. The van der Waals surface area contributed by atoms with Gasteiger partial charge >= 0.3 is 0 Å². The molecule has 0 bridgehead atoms. The zero-order valence-electron chi connectivity index (χ0n) is 13.4. The third kappa shape index (κ3) is 3.86. The van der Waals surface area contributed by atoms with Crippen molar-refractivity contribution in [3.63, 3.8) is 0 Å². The number of ether oxygens (including phenoxy) is 1. The van der Waals surface area contributed by atoms with Gasteiger partial charge in [-0.2, -0.15) is 4.98 Å². The van der Waals surface area contributed by atoms with Gasteiger partial charge in [-0.25, -0.2) is 19.0 Å². The largest absolute Gasteiger partial charge is 0.439 e. The van der Waals surface area contributed by atoms with Crippen molar-refractivity contribution in [1.82, 2.24) is 24.7 Å². The molecule has 0 radical (unpaired) electrons. The van der Waals surface area contributed by atoms with Crippen LogP contribution in [0.4, 0.5) is 4.39 Å². The number of rotatable bonds is 5. The van der Waals surface area contributed by atoms with E-state index >= 15 is 0 Å². The van der Waals surface area contributed by atoms with Gasteiger partial charge in [0, 0.05) is 12.3 Å². The normalized spacial score (nSPS) is 10.7. The average molecular weight is 365 g/mol. The Hall–Kier alpha value is -3.26. The van der Waals surface area contributed by atoms with E-state index in [0.29, 0.717) is 21.9 Å². The lowest BCUT2D eigenvalue weighted by atomic mass is 10.3. The fourth-order valence-electron chi connectivity index (χ4n) is 2.14. The molecule has 0 amide bonds. The van der Waals surface area contributed by atoms with Crippen LogP contribution >= 0.6 is 11.8 Å². The second-order valence-corrected chi connectivity index (χ2v) is 6.08. The maximum Gasteiger partial charge on any atom is 0.223 e. The first-order chi connectivity index (χ1) is 12.8. The van der Waals surface area contributed by atoms with Crippen molar-refractivity contribution >= 4 is 11.8 Å². The van der Waals surface area contributed by atoms with Gasteiger partial charge in [-0.3, -0.25) is 0 Å². The van der Waals surface area contributed by atoms with E-state index in [-0.39, 0.29) is 5.82 Å².